The molecule has 0 aliphatic heterocycles. The molecule has 0 amide bonds. The molecule has 0 saturated carbocycles. The Balaban J connectivity index is 3.80. The molecule has 0 heterocycles. The lowest BCUT2D eigenvalue weighted by Crippen LogP contribution is -1.99. The first-order chi connectivity index (χ1) is 8.97. The van der Waals surface area contributed by atoms with Crippen LogP contribution in [-0.4, -0.2) is 5.11 Å². The molecule has 0 radical (unpaired) electrons. The summed E-state index contributed by atoms with van der Waals surface area (Å²) in [6.45, 7) is 8.59. The molecule has 0 unspecified atom stereocenters. The van der Waals surface area contributed by atoms with Crippen LogP contribution in [0.5, 0.6) is 0 Å². The number of hydrogen-bond acceptors (Lipinski definition) is 7. The number of nitroso groups, excluding NO2 is 3. The quantitative estimate of drug-likeness (QED) is 0.616. The van der Waals surface area contributed by atoms with Gasteiger partial charge in [-0.3, -0.25) is 0 Å². The van der Waals surface area contributed by atoms with Gasteiger partial charge in [-0.2, -0.15) is 0 Å². The maximum Gasteiger partial charge on any atom is 0.198 e. The van der Waals surface area contributed by atoms with Crippen LogP contribution in [0.2, 0.25) is 0 Å². The van der Waals surface area contributed by atoms with Crippen molar-refractivity contribution in [2.24, 2.45) is 13.7 Å². The van der Waals surface area contributed by atoms with Crippen molar-refractivity contribution in [3.63, 3.8) is 0 Å². The monoisotopic (exact) mass is 281 g/mol. The normalized spacial score (nSPS) is 11.4. The zero-order chi connectivity index (χ0) is 14.6. The predicted octanol–water partition coefficient (Wildman–Crippen LogP) is 4.37. The first kappa shape index (κ1) is 14.7. The van der Waals surface area contributed by atoms with E-state index in [1.54, 1.807) is 6.92 Å². The van der Waals surface area contributed by atoms with Gasteiger partial charge in [0.1, 0.15) is 5.76 Å². The van der Waals surface area contributed by atoms with Gasteiger partial charge >= 0.3 is 0 Å². The van der Waals surface area contributed by atoms with Crippen LogP contribution >= 0.6 is 10.6 Å². The molecular weight excluding hydrogens is 270 g/mol. The van der Waals surface area contributed by atoms with Crippen LogP contribution in [0.1, 0.15) is 16.7 Å². The molecule has 0 bridgehead atoms. The second-order valence-corrected chi connectivity index (χ2v) is 5.49. The van der Waals surface area contributed by atoms with E-state index in [1.165, 1.54) is 18.2 Å². The van der Waals surface area contributed by atoms with Gasteiger partial charge in [-0.1, -0.05) is 25.3 Å². The smallest absolute Gasteiger partial charge is 0.198 e. The Morgan fingerprint density at radius 1 is 1.26 bits per heavy atom. The van der Waals surface area contributed by atoms with Gasteiger partial charge in [0.25, 0.3) is 0 Å². The fourth-order valence-electron chi connectivity index (χ4n) is 1.70. The van der Waals surface area contributed by atoms with Crippen LogP contribution in [0.25, 0.3) is 11.8 Å². The van der Waals surface area contributed by atoms with Gasteiger partial charge in [0.2, 0.25) is 0 Å². The summed E-state index contributed by atoms with van der Waals surface area (Å²) in [6.07, 6.45) is 1.28. The Kier molecular flexibility index (Phi) is 4.28. The third-order valence-electron chi connectivity index (χ3n) is 2.51. The lowest BCUT2D eigenvalue weighted by atomic mass is 10.0. The number of rotatable bonds is 6. The van der Waals surface area contributed by atoms with Crippen molar-refractivity contribution in [2.45, 2.75) is 11.8 Å². The summed E-state index contributed by atoms with van der Waals surface area (Å²) < 4.78 is 7.44. The van der Waals surface area contributed by atoms with Crippen LogP contribution < -0.4 is 0 Å². The molecule has 0 aromatic heterocycles. The summed E-state index contributed by atoms with van der Waals surface area (Å²) >= 11 is 0. The third-order valence-corrected chi connectivity index (χ3v) is 4.08. The van der Waals surface area contributed by atoms with Gasteiger partial charge in [-0.05, 0) is 18.6 Å². The molecule has 0 aliphatic rings. The van der Waals surface area contributed by atoms with Gasteiger partial charge in [0.15, 0.2) is 10.6 Å². The summed E-state index contributed by atoms with van der Waals surface area (Å²) in [5.74, 6) is -0.287. The molecule has 1 aromatic rings. The Hall–Kier alpha value is -2.35. The third kappa shape index (κ3) is 2.29. The zero-order valence-corrected chi connectivity index (χ0v) is 10.9. The van der Waals surface area contributed by atoms with Crippen LogP contribution in [0.15, 0.2) is 43.9 Å². The van der Waals surface area contributed by atoms with Gasteiger partial charge in [0, 0.05) is 24.9 Å². The van der Waals surface area contributed by atoms with E-state index in [-0.39, 0.29) is 21.8 Å². The van der Waals surface area contributed by atoms with Gasteiger partial charge < -0.3 is 5.11 Å². The van der Waals surface area contributed by atoms with Gasteiger partial charge in [-0.15, -0.1) is 14.7 Å². The number of aliphatic hydroxyl groups is 1. The highest BCUT2D eigenvalue weighted by Gasteiger charge is 2.34. The average molecular weight is 281 g/mol. The molecule has 8 heteroatoms. The molecule has 1 aromatic carbocycles. The van der Waals surface area contributed by atoms with Crippen molar-refractivity contribution in [1.29, 1.82) is 0 Å². The molecule has 0 atom stereocenters. The number of nitrogens with zero attached hydrogens (tertiary/aromatic N) is 3. The first-order valence-corrected chi connectivity index (χ1v) is 6.49. The average Bonchev–Trinajstić information content (AvgIpc) is 2.41. The Bertz CT molecular complexity index is 564. The van der Waals surface area contributed by atoms with Crippen molar-refractivity contribution in [2.75, 3.05) is 0 Å². The fraction of sp³-hybridized carbons (Fsp3) is 0.0909. The number of aryl methyl sites for hydroxylation is 1. The highest BCUT2D eigenvalue weighted by Crippen LogP contribution is 2.61. The Labute approximate surface area is 110 Å². The Morgan fingerprint density at radius 3 is 2.16 bits per heavy atom. The zero-order valence-electron chi connectivity index (χ0n) is 10.1. The molecule has 1 N–H and O–H groups in total. The van der Waals surface area contributed by atoms with E-state index < -0.39 is 10.6 Å². The van der Waals surface area contributed by atoms with Crippen molar-refractivity contribution < 1.29 is 5.11 Å². The predicted molar refractivity (Wildman–Crippen MR) is 76.2 cm³/mol. The van der Waals surface area contributed by atoms with Crippen LogP contribution in [0, 0.1) is 21.6 Å². The van der Waals surface area contributed by atoms with E-state index in [4.69, 9.17) is 0 Å². The summed E-state index contributed by atoms with van der Waals surface area (Å²) in [4.78, 5) is 32.3. The summed E-state index contributed by atoms with van der Waals surface area (Å²) in [7, 11) is -3.62. The molecule has 0 fully saturated rings. The largest absolute Gasteiger partial charge is 0.508 e. The molecule has 0 saturated heterocycles. The highest BCUT2D eigenvalue weighted by atomic mass is 32.3. The summed E-state index contributed by atoms with van der Waals surface area (Å²) in [5, 5.41) is 9.57. The summed E-state index contributed by atoms with van der Waals surface area (Å²) in [5.41, 5.74) is 1.09. The molecule has 100 valence electrons. The van der Waals surface area contributed by atoms with Crippen molar-refractivity contribution >= 4 is 22.4 Å². The van der Waals surface area contributed by atoms with Crippen molar-refractivity contribution in [3.05, 3.63) is 56.7 Å². The summed E-state index contributed by atoms with van der Waals surface area (Å²) in [6, 6.07) is 2.85. The minimum absolute atomic E-state index is 0.0710. The second-order valence-electron chi connectivity index (χ2n) is 3.56. The van der Waals surface area contributed by atoms with Gasteiger partial charge in [-0.25, -0.2) is 0 Å². The molecule has 7 nitrogen and oxygen atoms in total. The van der Waals surface area contributed by atoms with E-state index >= 15 is 0 Å². The lowest BCUT2D eigenvalue weighted by molar-refractivity contribution is 0.513. The SMILES string of the molecule is C=Cc1c(S(N=O)(N=O)N=O)ccc(C)c1C(=C)O. The highest BCUT2D eigenvalue weighted by molar-refractivity contribution is 8.30. The number of benzene rings is 1. The standard InChI is InChI=1S/C11H11N3O4S/c1-4-9-10(19(12-16,13-17)14-18)6-5-7(2)11(9)8(3)15/h4-6,15H,1,3H2,2H3. The maximum absolute atomic E-state index is 10.8. The van der Waals surface area contributed by atoms with E-state index in [9.17, 15) is 19.8 Å². The van der Waals surface area contributed by atoms with Crippen LogP contribution in [0.3, 0.4) is 0 Å². The van der Waals surface area contributed by atoms with Gasteiger partial charge in [0.05, 0.1) is 4.90 Å². The second kappa shape index (κ2) is 5.53. The molecule has 0 spiro atoms. The van der Waals surface area contributed by atoms with E-state index in [0.29, 0.717) is 5.56 Å². The topological polar surface area (TPSA) is 109 Å². The Morgan fingerprint density at radius 2 is 1.79 bits per heavy atom. The maximum atomic E-state index is 10.8. The van der Waals surface area contributed by atoms with E-state index in [1.807, 2.05) is 0 Å². The molecule has 0 aliphatic carbocycles. The van der Waals surface area contributed by atoms with E-state index in [2.05, 4.69) is 26.9 Å². The number of aliphatic hydroxyl groups excluding tert-OH is 1. The van der Waals surface area contributed by atoms with Crippen LogP contribution in [0.4, 0.5) is 0 Å². The molecule has 19 heavy (non-hydrogen) atoms. The first-order valence-electron chi connectivity index (χ1n) is 4.98. The lowest BCUT2D eigenvalue weighted by Gasteiger charge is -2.19. The van der Waals surface area contributed by atoms with Crippen LogP contribution in [-0.2, 0) is 0 Å². The van der Waals surface area contributed by atoms with Crippen molar-refractivity contribution in [1.82, 2.24) is 0 Å². The minimum atomic E-state index is -3.62. The van der Waals surface area contributed by atoms with E-state index in [0.717, 1.165) is 0 Å². The fourth-order valence-corrected chi connectivity index (χ4v) is 2.75. The molecular formula is C11H11N3O4S. The minimum Gasteiger partial charge on any atom is -0.508 e. The van der Waals surface area contributed by atoms with Crippen molar-refractivity contribution in [3.8, 4) is 0 Å². The number of hydrogen-bond donors (Lipinski definition) is 1. The molecule has 1 rings (SSSR count).